The highest BCUT2D eigenvalue weighted by atomic mass is 16.5. The van der Waals surface area contributed by atoms with E-state index < -0.39 is 5.63 Å². The minimum absolute atomic E-state index is 0.0365. The van der Waals surface area contributed by atoms with Crippen molar-refractivity contribution in [2.75, 3.05) is 25.1 Å². The fourth-order valence-electron chi connectivity index (χ4n) is 2.26. The molecule has 0 saturated carbocycles. The Hall–Kier alpha value is -2.48. The van der Waals surface area contributed by atoms with Crippen LogP contribution in [-0.4, -0.2) is 20.2 Å². The molecule has 0 bridgehead atoms. The van der Waals surface area contributed by atoms with Gasteiger partial charge in [-0.3, -0.25) is 0 Å². The Labute approximate surface area is 117 Å². The zero-order valence-electron chi connectivity index (χ0n) is 11.8. The molecule has 2 rings (SSSR count). The van der Waals surface area contributed by atoms with Crippen LogP contribution in [0.25, 0.3) is 11.0 Å². The minimum Gasteiger partial charge on any atom is -0.497 e. The average molecular weight is 272 g/mol. The Morgan fingerprint density at radius 1 is 1.35 bits per heavy atom. The van der Waals surface area contributed by atoms with Crippen molar-refractivity contribution in [2.24, 2.45) is 0 Å². The first-order valence-corrected chi connectivity index (χ1v) is 6.46. The van der Waals surface area contributed by atoms with Gasteiger partial charge in [0.15, 0.2) is 5.56 Å². The van der Waals surface area contributed by atoms with Gasteiger partial charge in [0.1, 0.15) is 17.4 Å². The lowest BCUT2D eigenvalue weighted by molar-refractivity contribution is 0.415. The van der Waals surface area contributed by atoms with Crippen molar-refractivity contribution in [3.63, 3.8) is 0 Å². The molecule has 0 amide bonds. The molecular formula is C15H16N2O3. The summed E-state index contributed by atoms with van der Waals surface area (Å²) in [5.74, 6) is 0.656. The van der Waals surface area contributed by atoms with Gasteiger partial charge in [-0.1, -0.05) is 0 Å². The van der Waals surface area contributed by atoms with Crippen molar-refractivity contribution in [3.8, 4) is 11.8 Å². The maximum atomic E-state index is 11.9. The molecule has 5 heteroatoms. The van der Waals surface area contributed by atoms with Crippen molar-refractivity contribution in [1.29, 1.82) is 5.26 Å². The Kier molecular flexibility index (Phi) is 3.94. The zero-order valence-corrected chi connectivity index (χ0v) is 11.8. The number of fused-ring (bicyclic) bond motifs is 1. The number of anilines is 1. The van der Waals surface area contributed by atoms with Crippen molar-refractivity contribution < 1.29 is 9.15 Å². The molecule has 2 aromatic rings. The lowest BCUT2D eigenvalue weighted by Gasteiger charge is -2.23. The average Bonchev–Trinajstić information content (AvgIpc) is 2.48. The SMILES string of the molecule is CCN(CC)c1c(C#N)c(=O)oc2ccc(OC)cc12. The zero-order chi connectivity index (χ0) is 14.7. The van der Waals surface area contributed by atoms with Crippen LogP contribution in [0, 0.1) is 11.3 Å². The van der Waals surface area contributed by atoms with Gasteiger partial charge < -0.3 is 14.1 Å². The van der Waals surface area contributed by atoms with Crippen LogP contribution in [0.15, 0.2) is 27.4 Å². The molecule has 20 heavy (non-hydrogen) atoms. The molecule has 0 spiro atoms. The molecule has 0 radical (unpaired) electrons. The van der Waals surface area contributed by atoms with Crippen molar-refractivity contribution in [1.82, 2.24) is 0 Å². The van der Waals surface area contributed by atoms with E-state index in [9.17, 15) is 10.1 Å². The quantitative estimate of drug-likeness (QED) is 0.800. The summed E-state index contributed by atoms with van der Waals surface area (Å²) in [4.78, 5) is 13.9. The third-order valence-electron chi connectivity index (χ3n) is 3.28. The summed E-state index contributed by atoms with van der Waals surface area (Å²) in [6, 6.07) is 7.15. The number of rotatable bonds is 4. The van der Waals surface area contributed by atoms with Gasteiger partial charge in [0, 0.05) is 18.5 Å². The van der Waals surface area contributed by atoms with Crippen LogP contribution in [0.5, 0.6) is 5.75 Å². The molecule has 1 aromatic carbocycles. The Morgan fingerprint density at radius 3 is 2.60 bits per heavy atom. The largest absolute Gasteiger partial charge is 0.497 e. The van der Waals surface area contributed by atoms with E-state index in [0.717, 1.165) is 0 Å². The molecule has 5 nitrogen and oxygen atoms in total. The second-order valence-electron chi connectivity index (χ2n) is 4.26. The Bertz CT molecular complexity index is 724. The van der Waals surface area contributed by atoms with E-state index in [1.54, 1.807) is 25.3 Å². The fraction of sp³-hybridized carbons (Fsp3) is 0.333. The second-order valence-corrected chi connectivity index (χ2v) is 4.26. The first kappa shape index (κ1) is 13.9. The Balaban J connectivity index is 2.90. The topological polar surface area (TPSA) is 66.5 Å². The van der Waals surface area contributed by atoms with E-state index in [1.807, 2.05) is 24.8 Å². The van der Waals surface area contributed by atoms with Crippen molar-refractivity contribution in [3.05, 3.63) is 34.2 Å². The van der Waals surface area contributed by atoms with E-state index in [1.165, 1.54) is 0 Å². The van der Waals surface area contributed by atoms with Crippen LogP contribution < -0.4 is 15.3 Å². The van der Waals surface area contributed by atoms with Crippen LogP contribution >= 0.6 is 0 Å². The summed E-state index contributed by atoms with van der Waals surface area (Å²) in [5, 5.41) is 9.97. The first-order valence-electron chi connectivity index (χ1n) is 6.46. The molecule has 0 fully saturated rings. The number of hydrogen-bond acceptors (Lipinski definition) is 5. The summed E-state index contributed by atoms with van der Waals surface area (Å²) in [5.41, 5.74) is 0.501. The number of nitrogens with zero attached hydrogens (tertiary/aromatic N) is 2. The first-order chi connectivity index (χ1) is 9.65. The van der Waals surface area contributed by atoms with E-state index in [-0.39, 0.29) is 5.56 Å². The number of nitriles is 1. The molecule has 1 aromatic heterocycles. The highest BCUT2D eigenvalue weighted by Gasteiger charge is 2.18. The molecule has 1 heterocycles. The molecular weight excluding hydrogens is 256 g/mol. The van der Waals surface area contributed by atoms with Crippen molar-refractivity contribution >= 4 is 16.7 Å². The molecule has 0 saturated heterocycles. The normalized spacial score (nSPS) is 10.3. The predicted octanol–water partition coefficient (Wildman–Crippen LogP) is 2.52. The molecule has 0 aliphatic carbocycles. The van der Waals surface area contributed by atoms with Crippen LogP contribution in [0.2, 0.25) is 0 Å². The molecule has 104 valence electrons. The summed E-state index contributed by atoms with van der Waals surface area (Å²) in [6.45, 7) is 5.35. The van der Waals surface area contributed by atoms with Gasteiger partial charge in [-0.25, -0.2) is 4.79 Å². The maximum Gasteiger partial charge on any atom is 0.356 e. The highest BCUT2D eigenvalue weighted by Crippen LogP contribution is 2.31. The molecule has 0 aliphatic rings. The van der Waals surface area contributed by atoms with Gasteiger partial charge in [0.25, 0.3) is 0 Å². The van der Waals surface area contributed by atoms with Crippen molar-refractivity contribution in [2.45, 2.75) is 13.8 Å². The van der Waals surface area contributed by atoms with Gasteiger partial charge in [-0.05, 0) is 32.0 Å². The summed E-state index contributed by atoms with van der Waals surface area (Å²) < 4.78 is 10.4. The van der Waals surface area contributed by atoms with E-state index >= 15 is 0 Å². The molecule has 0 aliphatic heterocycles. The highest BCUT2D eigenvalue weighted by molar-refractivity contribution is 5.94. The monoisotopic (exact) mass is 272 g/mol. The molecule has 0 atom stereocenters. The smallest absolute Gasteiger partial charge is 0.356 e. The van der Waals surface area contributed by atoms with Crippen LogP contribution in [-0.2, 0) is 0 Å². The summed E-state index contributed by atoms with van der Waals surface area (Å²) >= 11 is 0. The van der Waals surface area contributed by atoms with Gasteiger partial charge in [0.2, 0.25) is 0 Å². The molecule has 0 unspecified atom stereocenters. The lowest BCUT2D eigenvalue weighted by Crippen LogP contribution is -2.25. The van der Waals surface area contributed by atoms with E-state index in [4.69, 9.17) is 9.15 Å². The standard InChI is InChI=1S/C15H16N2O3/c1-4-17(5-2)14-11-8-10(19-3)6-7-13(11)20-15(18)12(14)9-16/h6-8H,4-5H2,1-3H3. The van der Waals surface area contributed by atoms with Crippen LogP contribution in [0.3, 0.4) is 0 Å². The number of hydrogen-bond donors (Lipinski definition) is 0. The van der Waals surface area contributed by atoms with Gasteiger partial charge in [-0.2, -0.15) is 5.26 Å². The minimum atomic E-state index is -0.605. The number of benzene rings is 1. The summed E-state index contributed by atoms with van der Waals surface area (Å²) in [7, 11) is 1.57. The van der Waals surface area contributed by atoms with Crippen LogP contribution in [0.1, 0.15) is 19.4 Å². The lowest BCUT2D eigenvalue weighted by atomic mass is 10.1. The second kappa shape index (κ2) is 5.66. The van der Waals surface area contributed by atoms with Gasteiger partial charge in [-0.15, -0.1) is 0 Å². The number of methoxy groups -OCH3 is 1. The van der Waals surface area contributed by atoms with Gasteiger partial charge >= 0.3 is 5.63 Å². The fourth-order valence-corrected chi connectivity index (χ4v) is 2.26. The maximum absolute atomic E-state index is 11.9. The van der Waals surface area contributed by atoms with E-state index in [0.29, 0.717) is 35.5 Å². The number of ether oxygens (including phenoxy) is 1. The van der Waals surface area contributed by atoms with E-state index in [2.05, 4.69) is 0 Å². The van der Waals surface area contributed by atoms with Crippen LogP contribution in [0.4, 0.5) is 5.69 Å². The predicted molar refractivity (Wildman–Crippen MR) is 77.3 cm³/mol. The Morgan fingerprint density at radius 2 is 2.05 bits per heavy atom. The third-order valence-corrected chi connectivity index (χ3v) is 3.28. The molecule has 0 N–H and O–H groups in total. The van der Waals surface area contributed by atoms with Gasteiger partial charge in [0.05, 0.1) is 12.8 Å². The summed E-state index contributed by atoms with van der Waals surface area (Å²) in [6.07, 6.45) is 0. The third kappa shape index (κ3) is 2.21.